The Labute approximate surface area is 91.5 Å². The molecule has 2 rings (SSSR count). The number of nitrogens with zero attached hydrogens (tertiary/aromatic N) is 1. The van der Waals surface area contributed by atoms with E-state index >= 15 is 0 Å². The molecule has 1 aromatic carbocycles. The number of Topliss-reactive ketones (excluding diaryl/α,β-unsaturated/α-hetero) is 1. The number of anilines is 1. The standard InChI is InChI=1S/C11H12N2O3/c1-6(7(2)14)13-10-8(12)4-3-5-9(10)16-11(13)15/h3-6H,12H2,1-2H3. The maximum absolute atomic E-state index is 11.6. The topological polar surface area (TPSA) is 78.2 Å². The molecule has 2 aromatic rings. The molecule has 0 saturated heterocycles. The van der Waals surface area contributed by atoms with E-state index in [9.17, 15) is 9.59 Å². The van der Waals surface area contributed by atoms with Crippen LogP contribution in [0.1, 0.15) is 19.9 Å². The molecule has 0 aliphatic heterocycles. The monoisotopic (exact) mass is 220 g/mol. The summed E-state index contributed by atoms with van der Waals surface area (Å²) in [6, 6.07) is 4.44. The molecule has 0 bridgehead atoms. The lowest BCUT2D eigenvalue weighted by Crippen LogP contribution is -2.23. The zero-order chi connectivity index (χ0) is 11.9. The average Bonchev–Trinajstić information content (AvgIpc) is 2.54. The minimum absolute atomic E-state index is 0.118. The number of oxazole rings is 1. The van der Waals surface area contributed by atoms with E-state index in [1.165, 1.54) is 11.5 Å². The van der Waals surface area contributed by atoms with Gasteiger partial charge in [0.15, 0.2) is 11.4 Å². The van der Waals surface area contributed by atoms with Crippen molar-refractivity contribution in [2.45, 2.75) is 19.9 Å². The van der Waals surface area contributed by atoms with Gasteiger partial charge in [0, 0.05) is 0 Å². The summed E-state index contributed by atoms with van der Waals surface area (Å²) in [5.74, 6) is -0.677. The number of carbonyl (C=O) groups excluding carboxylic acids is 1. The van der Waals surface area contributed by atoms with Crippen molar-refractivity contribution in [1.29, 1.82) is 0 Å². The van der Waals surface area contributed by atoms with Crippen LogP contribution in [0.15, 0.2) is 27.4 Å². The Morgan fingerprint density at radius 1 is 1.50 bits per heavy atom. The van der Waals surface area contributed by atoms with E-state index in [-0.39, 0.29) is 5.78 Å². The fourth-order valence-corrected chi connectivity index (χ4v) is 1.65. The van der Waals surface area contributed by atoms with E-state index in [0.717, 1.165) is 0 Å². The molecule has 16 heavy (non-hydrogen) atoms. The zero-order valence-electron chi connectivity index (χ0n) is 9.06. The van der Waals surface area contributed by atoms with Gasteiger partial charge in [0.25, 0.3) is 0 Å². The van der Waals surface area contributed by atoms with Gasteiger partial charge in [-0.1, -0.05) is 6.07 Å². The van der Waals surface area contributed by atoms with Crippen LogP contribution in [0.25, 0.3) is 11.1 Å². The van der Waals surface area contributed by atoms with Gasteiger partial charge in [-0.3, -0.25) is 9.36 Å². The van der Waals surface area contributed by atoms with Gasteiger partial charge in [-0.25, -0.2) is 4.79 Å². The molecule has 0 amide bonds. The number of carbonyl (C=O) groups is 1. The van der Waals surface area contributed by atoms with Crippen molar-refractivity contribution >= 4 is 22.6 Å². The van der Waals surface area contributed by atoms with Crippen molar-refractivity contribution in [2.24, 2.45) is 0 Å². The van der Waals surface area contributed by atoms with Crippen LogP contribution in [0.4, 0.5) is 5.69 Å². The average molecular weight is 220 g/mol. The van der Waals surface area contributed by atoms with Crippen molar-refractivity contribution in [3.05, 3.63) is 28.7 Å². The summed E-state index contributed by atoms with van der Waals surface area (Å²) in [5.41, 5.74) is 7.09. The van der Waals surface area contributed by atoms with Crippen molar-refractivity contribution in [1.82, 2.24) is 4.57 Å². The highest BCUT2D eigenvalue weighted by atomic mass is 16.4. The van der Waals surface area contributed by atoms with Crippen LogP contribution >= 0.6 is 0 Å². The predicted octanol–water partition coefficient (Wildman–Crippen LogP) is 1.33. The number of hydrogen-bond donors (Lipinski definition) is 1. The molecule has 0 spiro atoms. The van der Waals surface area contributed by atoms with Gasteiger partial charge >= 0.3 is 5.76 Å². The third kappa shape index (κ3) is 1.41. The Balaban J connectivity index is 2.83. The van der Waals surface area contributed by atoms with E-state index in [4.69, 9.17) is 10.2 Å². The van der Waals surface area contributed by atoms with Crippen molar-refractivity contribution in [3.8, 4) is 0 Å². The molecule has 0 saturated carbocycles. The summed E-state index contributed by atoms with van der Waals surface area (Å²) < 4.78 is 6.31. The van der Waals surface area contributed by atoms with Crippen LogP contribution in [-0.4, -0.2) is 10.4 Å². The minimum atomic E-state index is -0.571. The molecule has 5 heteroatoms. The number of rotatable bonds is 2. The molecule has 84 valence electrons. The number of hydrogen-bond acceptors (Lipinski definition) is 4. The van der Waals surface area contributed by atoms with Crippen LogP contribution in [-0.2, 0) is 4.79 Å². The minimum Gasteiger partial charge on any atom is -0.408 e. The summed E-state index contributed by atoms with van der Waals surface area (Å²) in [7, 11) is 0. The summed E-state index contributed by atoms with van der Waals surface area (Å²) in [4.78, 5) is 22.9. The highest BCUT2D eigenvalue weighted by Crippen LogP contribution is 2.22. The van der Waals surface area contributed by atoms with Gasteiger partial charge in [0.1, 0.15) is 5.52 Å². The summed E-state index contributed by atoms with van der Waals surface area (Å²) in [5, 5.41) is 0. The Hall–Kier alpha value is -2.04. The first-order valence-electron chi connectivity index (χ1n) is 4.92. The van der Waals surface area contributed by atoms with Gasteiger partial charge < -0.3 is 10.2 Å². The highest BCUT2D eigenvalue weighted by Gasteiger charge is 2.19. The van der Waals surface area contributed by atoms with E-state index in [0.29, 0.717) is 16.8 Å². The molecule has 0 fully saturated rings. The van der Waals surface area contributed by atoms with Gasteiger partial charge in [0.05, 0.1) is 11.7 Å². The Morgan fingerprint density at radius 2 is 2.19 bits per heavy atom. The zero-order valence-corrected chi connectivity index (χ0v) is 9.06. The van der Waals surface area contributed by atoms with Crippen molar-refractivity contribution in [2.75, 3.05) is 5.73 Å². The Morgan fingerprint density at radius 3 is 2.81 bits per heavy atom. The van der Waals surface area contributed by atoms with Crippen molar-refractivity contribution < 1.29 is 9.21 Å². The molecule has 0 radical (unpaired) electrons. The molecule has 0 aliphatic carbocycles. The number of aromatic nitrogens is 1. The molecular formula is C11H12N2O3. The normalized spacial score (nSPS) is 12.9. The second-order valence-electron chi connectivity index (χ2n) is 3.72. The van der Waals surface area contributed by atoms with Crippen molar-refractivity contribution in [3.63, 3.8) is 0 Å². The molecule has 1 aromatic heterocycles. The molecular weight excluding hydrogens is 208 g/mol. The summed E-state index contributed by atoms with van der Waals surface area (Å²) in [6.45, 7) is 3.07. The molecule has 2 N–H and O–H groups in total. The lowest BCUT2D eigenvalue weighted by atomic mass is 10.2. The van der Waals surface area contributed by atoms with Crippen LogP contribution in [0, 0.1) is 0 Å². The number of nitrogens with two attached hydrogens (primary N) is 1. The first-order valence-corrected chi connectivity index (χ1v) is 4.92. The summed E-state index contributed by atoms with van der Waals surface area (Å²) in [6.07, 6.45) is 0. The molecule has 5 nitrogen and oxygen atoms in total. The SMILES string of the molecule is CC(=O)C(C)n1c(=O)oc2cccc(N)c21. The largest absolute Gasteiger partial charge is 0.420 e. The first kappa shape index (κ1) is 10.5. The Kier molecular flexibility index (Phi) is 2.30. The highest BCUT2D eigenvalue weighted by molar-refractivity contribution is 5.88. The molecule has 1 heterocycles. The second-order valence-corrected chi connectivity index (χ2v) is 3.72. The maximum Gasteiger partial charge on any atom is 0.420 e. The van der Waals surface area contributed by atoms with Gasteiger partial charge in [-0.05, 0) is 26.0 Å². The fourth-order valence-electron chi connectivity index (χ4n) is 1.65. The lowest BCUT2D eigenvalue weighted by molar-refractivity contribution is -0.119. The third-order valence-corrected chi connectivity index (χ3v) is 2.64. The molecule has 0 aliphatic rings. The second kappa shape index (κ2) is 3.52. The first-order chi connectivity index (χ1) is 7.52. The van der Waals surface area contributed by atoms with Gasteiger partial charge in [0.2, 0.25) is 0 Å². The van der Waals surface area contributed by atoms with E-state index in [1.807, 2.05) is 0 Å². The predicted molar refractivity (Wildman–Crippen MR) is 60.3 cm³/mol. The van der Waals surface area contributed by atoms with Crippen LogP contribution < -0.4 is 11.5 Å². The quantitative estimate of drug-likeness (QED) is 0.774. The van der Waals surface area contributed by atoms with E-state index < -0.39 is 11.8 Å². The van der Waals surface area contributed by atoms with Gasteiger partial charge in [-0.2, -0.15) is 0 Å². The van der Waals surface area contributed by atoms with Crippen LogP contribution in [0.5, 0.6) is 0 Å². The molecule has 1 atom stereocenters. The fraction of sp³-hybridized carbons (Fsp3) is 0.273. The molecule has 1 unspecified atom stereocenters. The lowest BCUT2D eigenvalue weighted by Gasteiger charge is -2.09. The number of benzene rings is 1. The number of nitrogen functional groups attached to an aromatic ring is 1. The van der Waals surface area contributed by atoms with E-state index in [2.05, 4.69) is 0 Å². The van der Waals surface area contributed by atoms with Crippen LogP contribution in [0.2, 0.25) is 0 Å². The number of fused-ring (bicyclic) bond motifs is 1. The van der Waals surface area contributed by atoms with Gasteiger partial charge in [-0.15, -0.1) is 0 Å². The summed E-state index contributed by atoms with van der Waals surface area (Å²) >= 11 is 0. The van der Waals surface area contributed by atoms with Crippen LogP contribution in [0.3, 0.4) is 0 Å². The smallest absolute Gasteiger partial charge is 0.408 e. The number of ketones is 1. The maximum atomic E-state index is 11.6. The van der Waals surface area contributed by atoms with E-state index in [1.54, 1.807) is 25.1 Å². The third-order valence-electron chi connectivity index (χ3n) is 2.64. The Bertz CT molecular complexity index is 609. The number of para-hydroxylation sites is 1.